The summed E-state index contributed by atoms with van der Waals surface area (Å²) in [5.74, 6) is 0.140. The van der Waals surface area contributed by atoms with Crippen LogP contribution in [0.3, 0.4) is 0 Å². The Labute approximate surface area is 167 Å². The highest BCUT2D eigenvalue weighted by molar-refractivity contribution is 7.90. The molecule has 3 heterocycles. The molecular formula is C17H21ClN4O5S. The lowest BCUT2D eigenvalue weighted by Gasteiger charge is -2.28. The third kappa shape index (κ3) is 5.28. The van der Waals surface area contributed by atoms with Gasteiger partial charge in [0.15, 0.2) is 0 Å². The van der Waals surface area contributed by atoms with Crippen molar-refractivity contribution in [3.8, 4) is 11.3 Å². The first kappa shape index (κ1) is 20.7. The van der Waals surface area contributed by atoms with Gasteiger partial charge in [0.25, 0.3) is 5.56 Å². The molecule has 1 aliphatic heterocycles. The summed E-state index contributed by atoms with van der Waals surface area (Å²) in [6.07, 6.45) is 4.01. The zero-order valence-electron chi connectivity index (χ0n) is 15.2. The molecule has 0 aliphatic carbocycles. The minimum absolute atomic E-state index is 0.0353. The van der Waals surface area contributed by atoms with Gasteiger partial charge in [0.1, 0.15) is 9.84 Å². The van der Waals surface area contributed by atoms with Gasteiger partial charge >= 0.3 is 0 Å². The Hall–Kier alpha value is -2.01. The van der Waals surface area contributed by atoms with Crippen molar-refractivity contribution < 1.29 is 18.3 Å². The molecular weight excluding hydrogens is 408 g/mol. The molecule has 152 valence electrons. The van der Waals surface area contributed by atoms with E-state index in [4.69, 9.17) is 16.3 Å². The number of hydrogen-bond acceptors (Lipinski definition) is 8. The number of pyridine rings is 1. The number of aliphatic hydroxyl groups excluding tert-OH is 1. The van der Waals surface area contributed by atoms with E-state index < -0.39 is 15.9 Å². The second kappa shape index (κ2) is 8.56. The summed E-state index contributed by atoms with van der Waals surface area (Å²) in [6, 6.07) is 2.66. The smallest absolute Gasteiger partial charge is 0.250 e. The molecule has 0 aromatic carbocycles. The molecule has 0 saturated carbocycles. The number of aliphatic hydroxyl groups is 1. The van der Waals surface area contributed by atoms with E-state index in [1.54, 1.807) is 6.07 Å². The lowest BCUT2D eigenvalue weighted by atomic mass is 10.1. The van der Waals surface area contributed by atoms with Gasteiger partial charge in [-0.05, 0) is 12.5 Å². The second-order valence-electron chi connectivity index (χ2n) is 6.65. The number of halogens is 1. The van der Waals surface area contributed by atoms with Crippen molar-refractivity contribution in [3.05, 3.63) is 39.9 Å². The molecule has 0 amide bonds. The molecule has 2 N–H and O–H groups in total. The Kier molecular flexibility index (Phi) is 6.33. The number of nitrogens with one attached hydrogen (secondary N) is 1. The summed E-state index contributed by atoms with van der Waals surface area (Å²) in [7, 11) is -3.21. The van der Waals surface area contributed by atoms with Crippen LogP contribution in [-0.4, -0.2) is 65.4 Å². The van der Waals surface area contributed by atoms with Gasteiger partial charge in [-0.1, -0.05) is 11.6 Å². The third-order valence-electron chi connectivity index (χ3n) is 4.34. The van der Waals surface area contributed by atoms with Crippen LogP contribution in [0.4, 0.5) is 5.95 Å². The Bertz CT molecular complexity index is 1010. The van der Waals surface area contributed by atoms with Crippen LogP contribution in [0.15, 0.2) is 29.3 Å². The van der Waals surface area contributed by atoms with Crippen molar-refractivity contribution in [2.45, 2.75) is 25.1 Å². The minimum atomic E-state index is -3.21. The highest BCUT2D eigenvalue weighted by Gasteiger charge is 2.24. The normalized spacial score (nSPS) is 20.1. The molecule has 0 spiro atoms. The van der Waals surface area contributed by atoms with E-state index >= 15 is 0 Å². The van der Waals surface area contributed by atoms with E-state index in [0.29, 0.717) is 30.2 Å². The molecule has 28 heavy (non-hydrogen) atoms. The lowest BCUT2D eigenvalue weighted by Crippen LogP contribution is -2.42. The predicted molar refractivity (Wildman–Crippen MR) is 105 cm³/mol. The number of aromatic nitrogens is 3. The predicted octanol–water partition coefficient (Wildman–Crippen LogP) is 0.565. The van der Waals surface area contributed by atoms with Gasteiger partial charge in [-0.3, -0.25) is 4.79 Å². The molecule has 0 unspecified atom stereocenters. The Balaban J connectivity index is 1.87. The van der Waals surface area contributed by atoms with Gasteiger partial charge < -0.3 is 19.7 Å². The molecule has 3 rings (SSSR count). The van der Waals surface area contributed by atoms with Crippen molar-refractivity contribution in [2.24, 2.45) is 0 Å². The van der Waals surface area contributed by atoms with Crippen molar-refractivity contribution >= 4 is 27.4 Å². The van der Waals surface area contributed by atoms with E-state index in [-0.39, 0.29) is 35.5 Å². The van der Waals surface area contributed by atoms with Gasteiger partial charge in [0.05, 0.1) is 41.4 Å². The molecule has 2 atom stereocenters. The first-order valence-corrected chi connectivity index (χ1v) is 11.1. The van der Waals surface area contributed by atoms with Gasteiger partial charge in [-0.25, -0.2) is 18.4 Å². The van der Waals surface area contributed by atoms with E-state index in [2.05, 4.69) is 15.3 Å². The third-order valence-corrected chi connectivity index (χ3v) is 5.55. The van der Waals surface area contributed by atoms with Crippen LogP contribution in [0.5, 0.6) is 0 Å². The fraction of sp³-hybridized carbons (Fsp3) is 0.471. The minimum Gasteiger partial charge on any atom is -0.389 e. The summed E-state index contributed by atoms with van der Waals surface area (Å²) in [6.45, 7) is 0.803. The maximum Gasteiger partial charge on any atom is 0.250 e. The summed E-state index contributed by atoms with van der Waals surface area (Å²) in [4.78, 5) is 20.6. The molecule has 2 aromatic heterocycles. The summed E-state index contributed by atoms with van der Waals surface area (Å²) < 4.78 is 29.3. The first-order chi connectivity index (χ1) is 13.2. The second-order valence-corrected chi connectivity index (χ2v) is 9.32. The number of rotatable bonds is 6. The molecule has 1 fully saturated rings. The van der Waals surface area contributed by atoms with Crippen molar-refractivity contribution in [3.63, 3.8) is 0 Å². The molecule has 11 heteroatoms. The van der Waals surface area contributed by atoms with Crippen LogP contribution in [0.25, 0.3) is 11.3 Å². The SMILES string of the molecule is CS(=O)(=O)CCn1cc(-c2nc(N[C@@H]3CCOC[C@H]3O)ncc2Cl)ccc1=O. The van der Waals surface area contributed by atoms with E-state index in [1.807, 2.05) is 0 Å². The lowest BCUT2D eigenvalue weighted by molar-refractivity contribution is -0.0136. The summed E-state index contributed by atoms with van der Waals surface area (Å²) >= 11 is 6.24. The maximum atomic E-state index is 12.0. The van der Waals surface area contributed by atoms with Crippen LogP contribution < -0.4 is 10.9 Å². The Morgan fingerprint density at radius 1 is 1.43 bits per heavy atom. The average molecular weight is 429 g/mol. The number of sulfone groups is 1. The van der Waals surface area contributed by atoms with Crippen LogP contribution in [0.1, 0.15) is 6.42 Å². The standard InChI is InChI=1S/C17H21ClN4O5S/c1-28(25,26)7-5-22-9-11(2-3-15(22)24)16-12(18)8-19-17(21-16)20-13-4-6-27-10-14(13)23/h2-3,8-9,13-14,23H,4-7,10H2,1H3,(H,19,20,21)/t13-,14-/m1/s1. The van der Waals surface area contributed by atoms with Crippen molar-refractivity contribution in [1.82, 2.24) is 14.5 Å². The van der Waals surface area contributed by atoms with Crippen molar-refractivity contribution in [1.29, 1.82) is 0 Å². The van der Waals surface area contributed by atoms with Gasteiger partial charge in [-0.2, -0.15) is 0 Å². The topological polar surface area (TPSA) is 123 Å². The molecule has 9 nitrogen and oxygen atoms in total. The maximum absolute atomic E-state index is 12.0. The fourth-order valence-corrected chi connectivity index (χ4v) is 3.54. The molecule has 0 bridgehead atoms. The highest BCUT2D eigenvalue weighted by atomic mass is 35.5. The average Bonchev–Trinajstić information content (AvgIpc) is 2.64. The number of ether oxygens (including phenoxy) is 1. The van der Waals surface area contributed by atoms with Gasteiger partial charge in [0, 0.05) is 37.2 Å². The summed E-state index contributed by atoms with van der Waals surface area (Å²) in [5, 5.41) is 13.4. The van der Waals surface area contributed by atoms with Crippen LogP contribution in [0, 0.1) is 0 Å². The molecule has 1 saturated heterocycles. The van der Waals surface area contributed by atoms with Crippen LogP contribution in [-0.2, 0) is 21.1 Å². The van der Waals surface area contributed by atoms with Crippen molar-refractivity contribution in [2.75, 3.05) is 30.5 Å². The number of hydrogen-bond donors (Lipinski definition) is 2. The zero-order valence-corrected chi connectivity index (χ0v) is 16.8. The monoisotopic (exact) mass is 428 g/mol. The quantitative estimate of drug-likeness (QED) is 0.684. The fourth-order valence-electron chi connectivity index (χ4n) is 2.81. The highest BCUT2D eigenvalue weighted by Crippen LogP contribution is 2.26. The van der Waals surface area contributed by atoms with E-state index in [1.165, 1.54) is 23.0 Å². The Morgan fingerprint density at radius 2 is 2.21 bits per heavy atom. The largest absolute Gasteiger partial charge is 0.389 e. The Morgan fingerprint density at radius 3 is 2.93 bits per heavy atom. The number of aryl methyl sites for hydroxylation is 1. The van der Waals surface area contributed by atoms with Gasteiger partial charge in [0.2, 0.25) is 5.95 Å². The van der Waals surface area contributed by atoms with E-state index in [9.17, 15) is 18.3 Å². The van der Waals surface area contributed by atoms with Gasteiger partial charge in [-0.15, -0.1) is 0 Å². The molecule has 0 radical (unpaired) electrons. The summed E-state index contributed by atoms with van der Waals surface area (Å²) in [5.41, 5.74) is 0.631. The number of nitrogens with zero attached hydrogens (tertiary/aromatic N) is 3. The van der Waals surface area contributed by atoms with Crippen LogP contribution in [0.2, 0.25) is 5.02 Å². The van der Waals surface area contributed by atoms with Crippen LogP contribution >= 0.6 is 11.6 Å². The van der Waals surface area contributed by atoms with E-state index in [0.717, 1.165) is 6.26 Å². The molecule has 1 aliphatic rings. The first-order valence-electron chi connectivity index (χ1n) is 8.66. The zero-order chi connectivity index (χ0) is 20.3. The molecule has 2 aromatic rings. The number of anilines is 1.